The Morgan fingerprint density at radius 2 is 2.04 bits per heavy atom. The Morgan fingerprint density at radius 1 is 1.30 bits per heavy atom. The average Bonchev–Trinajstić information content (AvgIpc) is 3.09. The summed E-state index contributed by atoms with van der Waals surface area (Å²) in [5.41, 5.74) is 3.08. The van der Waals surface area contributed by atoms with Crippen molar-refractivity contribution in [3.63, 3.8) is 0 Å². The second-order valence-electron chi connectivity index (χ2n) is 5.77. The molecule has 2 aromatic rings. The number of hydrogen-bond donors (Lipinski definition) is 2. The van der Waals surface area contributed by atoms with Gasteiger partial charge in [-0.2, -0.15) is 0 Å². The second kappa shape index (κ2) is 9.89. The molecule has 0 saturated carbocycles. The Morgan fingerprint density at radius 3 is 2.67 bits per heavy atom. The van der Waals surface area contributed by atoms with Gasteiger partial charge in [0.05, 0.1) is 23.2 Å². The van der Waals surface area contributed by atoms with Crippen LogP contribution >= 0.6 is 34.5 Å². The molecule has 0 aliphatic heterocycles. The van der Waals surface area contributed by atoms with Crippen molar-refractivity contribution in [2.24, 2.45) is 0 Å². The van der Waals surface area contributed by atoms with Crippen LogP contribution in [0.4, 0.5) is 10.5 Å². The zero-order valence-corrected chi connectivity index (χ0v) is 17.4. The lowest BCUT2D eigenvalue weighted by atomic mass is 10.3. The highest BCUT2D eigenvalue weighted by Crippen LogP contribution is 2.25. The van der Waals surface area contributed by atoms with E-state index in [4.69, 9.17) is 28.0 Å². The molecule has 2 N–H and O–H groups in total. The van der Waals surface area contributed by atoms with E-state index in [1.165, 1.54) is 11.3 Å². The molecule has 1 aromatic carbocycles. The molecule has 10 heteroatoms. The van der Waals surface area contributed by atoms with Gasteiger partial charge in [0.15, 0.2) is 0 Å². The normalized spacial score (nSPS) is 10.7. The van der Waals surface area contributed by atoms with Gasteiger partial charge in [0.1, 0.15) is 10.7 Å². The van der Waals surface area contributed by atoms with E-state index < -0.39 is 5.91 Å². The maximum Gasteiger partial charge on any atom is 0.322 e. The Balaban J connectivity index is 2.06. The Kier molecular flexibility index (Phi) is 7.85. The highest BCUT2D eigenvalue weighted by molar-refractivity contribution is 7.09. The molecule has 1 aromatic heterocycles. The summed E-state index contributed by atoms with van der Waals surface area (Å²) in [6.07, 6.45) is 0. The van der Waals surface area contributed by atoms with Gasteiger partial charge in [0.25, 0.3) is 5.91 Å². The fourth-order valence-corrected chi connectivity index (χ4v) is 3.15. The molecule has 0 aliphatic rings. The van der Waals surface area contributed by atoms with Gasteiger partial charge in [-0.3, -0.25) is 9.63 Å². The number of carbonyl (C=O) groups excluding carboxylic acids is 2. The van der Waals surface area contributed by atoms with Gasteiger partial charge in [0.2, 0.25) is 0 Å². The van der Waals surface area contributed by atoms with Crippen LogP contribution in [0.15, 0.2) is 23.6 Å². The van der Waals surface area contributed by atoms with Gasteiger partial charge < -0.3 is 10.2 Å². The average molecular weight is 431 g/mol. The lowest BCUT2D eigenvalue weighted by molar-refractivity contribution is 0.0360. The second-order valence-corrected chi connectivity index (χ2v) is 7.53. The van der Waals surface area contributed by atoms with E-state index in [0.717, 1.165) is 0 Å². The van der Waals surface area contributed by atoms with Crippen molar-refractivity contribution in [2.75, 3.05) is 11.9 Å². The van der Waals surface area contributed by atoms with Crippen LogP contribution < -0.4 is 10.8 Å². The summed E-state index contributed by atoms with van der Waals surface area (Å²) in [4.78, 5) is 35.3. The molecule has 3 amide bonds. The molecule has 0 spiro atoms. The minimum absolute atomic E-state index is 0.0858. The van der Waals surface area contributed by atoms with E-state index in [9.17, 15) is 9.59 Å². The smallest absolute Gasteiger partial charge is 0.315 e. The number of benzene rings is 1. The number of carbonyl (C=O) groups is 2. The van der Waals surface area contributed by atoms with Gasteiger partial charge >= 0.3 is 6.03 Å². The summed E-state index contributed by atoms with van der Waals surface area (Å²) < 4.78 is 0. The molecule has 27 heavy (non-hydrogen) atoms. The third-order valence-corrected chi connectivity index (χ3v) is 5.03. The van der Waals surface area contributed by atoms with E-state index in [2.05, 4.69) is 15.8 Å². The van der Waals surface area contributed by atoms with Crippen molar-refractivity contribution >= 4 is 52.2 Å². The van der Waals surface area contributed by atoms with Crippen molar-refractivity contribution in [3.05, 3.63) is 44.3 Å². The van der Waals surface area contributed by atoms with Gasteiger partial charge in [-0.25, -0.2) is 15.3 Å². The van der Waals surface area contributed by atoms with E-state index in [-0.39, 0.29) is 24.3 Å². The number of nitrogens with one attached hydrogen (secondary N) is 2. The Hall–Kier alpha value is -1.87. The molecule has 7 nitrogen and oxygen atoms in total. The van der Waals surface area contributed by atoms with E-state index >= 15 is 0 Å². The first-order chi connectivity index (χ1) is 12.8. The molecule has 0 saturated heterocycles. The number of rotatable bonds is 7. The lowest BCUT2D eigenvalue weighted by Gasteiger charge is -2.26. The molecule has 0 radical (unpaired) electrons. The van der Waals surface area contributed by atoms with Crippen LogP contribution in [-0.4, -0.2) is 34.5 Å². The number of amides is 3. The number of hydrogen-bond acceptors (Lipinski definition) is 5. The predicted octanol–water partition coefficient (Wildman–Crippen LogP) is 4.57. The van der Waals surface area contributed by atoms with Crippen molar-refractivity contribution in [1.82, 2.24) is 15.4 Å². The molecule has 0 unspecified atom stereocenters. The summed E-state index contributed by atoms with van der Waals surface area (Å²) in [5, 5.41) is 5.82. The quantitative estimate of drug-likeness (QED) is 0.629. The van der Waals surface area contributed by atoms with Crippen LogP contribution in [0.25, 0.3) is 0 Å². The highest BCUT2D eigenvalue weighted by Gasteiger charge is 2.20. The first-order valence-corrected chi connectivity index (χ1v) is 9.84. The van der Waals surface area contributed by atoms with Gasteiger partial charge in [-0.15, -0.1) is 11.3 Å². The number of hydroxylamine groups is 1. The lowest BCUT2D eigenvalue weighted by Crippen LogP contribution is -2.39. The van der Waals surface area contributed by atoms with Crippen molar-refractivity contribution < 1.29 is 14.4 Å². The van der Waals surface area contributed by atoms with Gasteiger partial charge in [-0.1, -0.05) is 23.2 Å². The monoisotopic (exact) mass is 430 g/mol. The fraction of sp³-hybridized carbons (Fsp3) is 0.353. The first-order valence-electron chi connectivity index (χ1n) is 8.21. The van der Waals surface area contributed by atoms with Crippen LogP contribution in [-0.2, 0) is 11.4 Å². The number of nitrogens with zero attached hydrogens (tertiary/aromatic N) is 2. The molecular formula is C17H20Cl2N4O3S. The topological polar surface area (TPSA) is 83.6 Å². The SMILES string of the molecule is CCONC(=O)c1csc(CN(C(=O)Nc2ccc(Cl)c(Cl)c2)C(C)C)n1. The minimum atomic E-state index is -0.421. The molecule has 1 heterocycles. The number of urea groups is 1. The number of halogens is 2. The molecule has 2 rings (SSSR count). The highest BCUT2D eigenvalue weighted by atomic mass is 35.5. The molecular weight excluding hydrogens is 411 g/mol. The Labute approximate surface area is 171 Å². The summed E-state index contributed by atoms with van der Waals surface area (Å²) in [5.74, 6) is -0.421. The summed E-state index contributed by atoms with van der Waals surface area (Å²) in [6.45, 7) is 6.17. The number of thiazole rings is 1. The van der Waals surface area contributed by atoms with Crippen LogP contribution in [0.1, 0.15) is 36.3 Å². The summed E-state index contributed by atoms with van der Waals surface area (Å²) in [7, 11) is 0. The van der Waals surface area contributed by atoms with E-state index in [1.807, 2.05) is 13.8 Å². The number of aromatic nitrogens is 1. The molecule has 0 bridgehead atoms. The third-order valence-electron chi connectivity index (χ3n) is 3.45. The van der Waals surface area contributed by atoms with E-state index in [0.29, 0.717) is 27.3 Å². The minimum Gasteiger partial charge on any atom is -0.315 e. The molecule has 0 atom stereocenters. The van der Waals surface area contributed by atoms with Crippen LogP contribution in [0.3, 0.4) is 0 Å². The maximum absolute atomic E-state index is 12.7. The number of anilines is 1. The van der Waals surface area contributed by atoms with Crippen molar-refractivity contribution in [3.8, 4) is 0 Å². The fourth-order valence-electron chi connectivity index (χ4n) is 2.08. The summed E-state index contributed by atoms with van der Waals surface area (Å²) in [6, 6.07) is 4.48. The zero-order chi connectivity index (χ0) is 20.0. The molecule has 0 fully saturated rings. The zero-order valence-electron chi connectivity index (χ0n) is 15.1. The van der Waals surface area contributed by atoms with Crippen molar-refractivity contribution in [1.29, 1.82) is 0 Å². The van der Waals surface area contributed by atoms with Crippen LogP contribution in [0.5, 0.6) is 0 Å². The van der Waals surface area contributed by atoms with Crippen LogP contribution in [0, 0.1) is 0 Å². The van der Waals surface area contributed by atoms with Crippen molar-refractivity contribution in [2.45, 2.75) is 33.4 Å². The van der Waals surface area contributed by atoms with Gasteiger partial charge in [0, 0.05) is 17.1 Å². The Bertz CT molecular complexity index is 813. The first kappa shape index (κ1) is 21.4. The molecule has 0 aliphatic carbocycles. The van der Waals surface area contributed by atoms with E-state index in [1.54, 1.807) is 35.4 Å². The standard InChI is InChI=1S/C17H20Cl2N4O3S/c1-4-26-22-16(24)14-9-27-15(21-14)8-23(10(2)3)17(25)20-11-5-6-12(18)13(19)7-11/h5-7,9-10H,4,8H2,1-3H3,(H,20,25)(H,22,24). The molecule has 146 valence electrons. The van der Waals surface area contributed by atoms with Gasteiger partial charge in [-0.05, 0) is 39.0 Å². The largest absolute Gasteiger partial charge is 0.322 e. The summed E-state index contributed by atoms with van der Waals surface area (Å²) >= 11 is 13.2. The third kappa shape index (κ3) is 6.07. The predicted molar refractivity (Wildman–Crippen MR) is 107 cm³/mol. The maximum atomic E-state index is 12.7. The van der Waals surface area contributed by atoms with Crippen LogP contribution in [0.2, 0.25) is 10.0 Å².